The van der Waals surface area contributed by atoms with Gasteiger partial charge in [0, 0.05) is 32.5 Å². The first kappa shape index (κ1) is 54.2. The number of phenolic OH excluding ortho intramolecular Hbond substituents is 1. The predicted molar refractivity (Wildman–Crippen MR) is 260 cm³/mol. The van der Waals surface area contributed by atoms with E-state index in [2.05, 4.69) is 21.3 Å². The number of amides is 7. The molecule has 2 aromatic carbocycles. The zero-order valence-corrected chi connectivity index (χ0v) is 40.8. The Hall–Kier alpha value is -5.73. The molecule has 20 heteroatoms. The number of nitrogens with zero attached hydrogens (tertiary/aromatic N) is 3. The van der Waals surface area contributed by atoms with Crippen LogP contribution in [-0.4, -0.2) is 159 Å². The van der Waals surface area contributed by atoms with Gasteiger partial charge >= 0.3 is 5.97 Å². The van der Waals surface area contributed by atoms with Gasteiger partial charge in [-0.1, -0.05) is 56.3 Å². The Labute approximate surface area is 408 Å². The lowest BCUT2D eigenvalue weighted by atomic mass is 10.0. The summed E-state index contributed by atoms with van der Waals surface area (Å²) in [5.41, 5.74) is 13.4. The average Bonchev–Trinajstić information content (AvgIpc) is 4.14. The molecule has 0 bridgehead atoms. The predicted octanol–water partition coefficient (Wildman–Crippen LogP) is 1.04. The van der Waals surface area contributed by atoms with E-state index < -0.39 is 95.7 Å². The number of thioether (sulfide) groups is 1. The normalized spacial score (nSPS) is 20.1. The van der Waals surface area contributed by atoms with Crippen molar-refractivity contribution in [2.75, 3.05) is 38.2 Å². The highest BCUT2D eigenvalue weighted by Crippen LogP contribution is 2.25. The number of benzene rings is 2. The summed E-state index contributed by atoms with van der Waals surface area (Å²) in [6.07, 6.45) is 6.03. The van der Waals surface area contributed by atoms with Gasteiger partial charge in [-0.15, -0.1) is 0 Å². The molecule has 0 saturated carbocycles. The smallest absolute Gasteiger partial charge is 0.326 e. The number of aromatic hydroxyl groups is 1. The first-order valence-electron chi connectivity index (χ1n) is 24.2. The molecule has 3 fully saturated rings. The minimum absolute atomic E-state index is 0.00865. The number of hydrogen-bond acceptors (Lipinski definition) is 12. The summed E-state index contributed by atoms with van der Waals surface area (Å²) < 4.78 is 0. The number of unbranched alkanes of at least 4 members (excludes halogenated alkanes) is 1. The van der Waals surface area contributed by atoms with E-state index >= 15 is 0 Å². The molecule has 7 amide bonds. The third-order valence-electron chi connectivity index (χ3n) is 13.2. The molecule has 0 spiro atoms. The Morgan fingerprint density at radius 2 is 1.13 bits per heavy atom. The minimum Gasteiger partial charge on any atom is -0.508 e. The molecule has 0 radical (unpaired) electrons. The molecule has 0 unspecified atom stereocenters. The maximum atomic E-state index is 14.6. The summed E-state index contributed by atoms with van der Waals surface area (Å²) in [4.78, 5) is 115. The number of carbonyl (C=O) groups is 8. The third-order valence-corrected chi connectivity index (χ3v) is 13.8. The van der Waals surface area contributed by atoms with E-state index in [0.717, 1.165) is 5.56 Å². The molecule has 0 aliphatic carbocycles. The molecule has 0 aromatic heterocycles. The fourth-order valence-corrected chi connectivity index (χ4v) is 9.83. The van der Waals surface area contributed by atoms with Gasteiger partial charge < -0.3 is 57.6 Å². The molecule has 3 saturated heterocycles. The van der Waals surface area contributed by atoms with Crippen molar-refractivity contribution in [2.45, 2.75) is 139 Å². The van der Waals surface area contributed by atoms with Crippen molar-refractivity contribution in [3.05, 3.63) is 65.7 Å². The van der Waals surface area contributed by atoms with Crippen LogP contribution < -0.4 is 32.7 Å². The fourth-order valence-electron chi connectivity index (χ4n) is 9.34. The molecular formula is C49H71N9O10S. The van der Waals surface area contributed by atoms with Crippen molar-refractivity contribution >= 4 is 59.1 Å². The van der Waals surface area contributed by atoms with Crippen LogP contribution in [0.5, 0.6) is 5.75 Å². The van der Waals surface area contributed by atoms with Crippen molar-refractivity contribution in [1.29, 1.82) is 0 Å². The zero-order chi connectivity index (χ0) is 50.2. The van der Waals surface area contributed by atoms with Crippen molar-refractivity contribution in [3.63, 3.8) is 0 Å². The minimum atomic E-state index is -1.24. The van der Waals surface area contributed by atoms with Crippen LogP contribution in [0, 0.1) is 5.92 Å². The van der Waals surface area contributed by atoms with Crippen LogP contribution in [0.25, 0.3) is 0 Å². The number of nitrogens with two attached hydrogens (primary N) is 2. The Morgan fingerprint density at radius 1 is 0.652 bits per heavy atom. The van der Waals surface area contributed by atoms with Gasteiger partial charge in [0.2, 0.25) is 41.4 Å². The Balaban J connectivity index is 1.35. The standard InChI is InChI=1S/C49H71N9O10S/c1-30(2)41(49(67)68)55-45(63)40-17-11-26-58(40)47(65)36(29-32-18-20-33(59)21-19-32)53-42(60)35(14-7-8-23-50)52-43(61)39-16-10-25-57(39)48(66)37(28-31-12-5-4-6-13-31)54-44(62)38-15-9-24-56(38)46(64)34(51)22-27-69-3/h4-6,12-13,18-21,30,34-41,59H,7-11,14-17,22-29,50-51H2,1-3H3,(H,52,61)(H,53,60)(H,54,62)(H,55,63)(H,67,68)/t34-,35-,36-,37-,38-,39-,40-,41-/m0/s1. The van der Waals surface area contributed by atoms with Gasteiger partial charge in [-0.2, -0.15) is 11.8 Å². The van der Waals surface area contributed by atoms with Crippen LogP contribution in [0.3, 0.4) is 0 Å². The first-order chi connectivity index (χ1) is 33.0. The van der Waals surface area contributed by atoms with E-state index in [9.17, 15) is 48.6 Å². The number of phenols is 1. The molecule has 2 aromatic rings. The van der Waals surface area contributed by atoms with Crippen LogP contribution in [0.4, 0.5) is 0 Å². The number of hydrogen-bond donors (Lipinski definition) is 8. The summed E-state index contributed by atoms with van der Waals surface area (Å²) in [7, 11) is 0. The van der Waals surface area contributed by atoms with Crippen molar-refractivity contribution in [3.8, 4) is 5.75 Å². The summed E-state index contributed by atoms with van der Waals surface area (Å²) in [6.45, 7) is 4.39. The van der Waals surface area contributed by atoms with E-state index in [-0.39, 0.29) is 56.9 Å². The summed E-state index contributed by atoms with van der Waals surface area (Å²) >= 11 is 1.57. The van der Waals surface area contributed by atoms with Crippen LogP contribution in [0.1, 0.15) is 89.2 Å². The molecule has 19 nitrogen and oxygen atoms in total. The van der Waals surface area contributed by atoms with Crippen molar-refractivity contribution in [2.24, 2.45) is 17.4 Å². The van der Waals surface area contributed by atoms with Crippen LogP contribution in [0.15, 0.2) is 54.6 Å². The molecule has 3 aliphatic heterocycles. The SMILES string of the molecule is CSCC[C@H](N)C(=O)N1CCC[C@H]1C(=O)N[C@@H](Cc1ccccc1)C(=O)N1CCC[C@H]1C(=O)N[C@@H](CCCCN)C(=O)N[C@@H](Cc1ccc(O)cc1)C(=O)N1CCC[C@H]1C(=O)N[C@H](C(=O)O)C(C)C. The van der Waals surface area contributed by atoms with Crippen LogP contribution in [-0.2, 0) is 51.2 Å². The highest BCUT2D eigenvalue weighted by atomic mass is 32.2. The molecule has 10 N–H and O–H groups in total. The Bertz CT molecular complexity index is 2100. The topological polar surface area (TPSA) is 287 Å². The molecule has 5 rings (SSSR count). The first-order valence-corrected chi connectivity index (χ1v) is 25.6. The van der Waals surface area contributed by atoms with Gasteiger partial charge in [0.25, 0.3) is 0 Å². The van der Waals surface area contributed by atoms with E-state index in [0.29, 0.717) is 69.4 Å². The van der Waals surface area contributed by atoms with Gasteiger partial charge in [0.05, 0.1) is 6.04 Å². The van der Waals surface area contributed by atoms with Crippen molar-refractivity contribution < 1.29 is 48.6 Å². The largest absolute Gasteiger partial charge is 0.508 e. The lowest BCUT2D eigenvalue weighted by Crippen LogP contribution is -2.60. The Kier molecular flexibility index (Phi) is 20.7. The van der Waals surface area contributed by atoms with E-state index in [4.69, 9.17) is 11.5 Å². The monoisotopic (exact) mass is 978 g/mol. The number of likely N-dealkylation sites (tertiary alicyclic amines) is 3. The van der Waals surface area contributed by atoms with Gasteiger partial charge in [0.15, 0.2) is 0 Å². The number of rotatable bonds is 24. The fraction of sp³-hybridized carbons (Fsp3) is 0.592. The van der Waals surface area contributed by atoms with E-state index in [1.807, 2.05) is 36.6 Å². The summed E-state index contributed by atoms with van der Waals surface area (Å²) in [5.74, 6) is -4.73. The maximum Gasteiger partial charge on any atom is 0.326 e. The summed E-state index contributed by atoms with van der Waals surface area (Å²) in [6, 6.07) is 6.96. The van der Waals surface area contributed by atoms with Gasteiger partial charge in [0.1, 0.15) is 48.0 Å². The highest BCUT2D eigenvalue weighted by Gasteiger charge is 2.43. The third kappa shape index (κ3) is 14.9. The maximum absolute atomic E-state index is 14.6. The number of nitrogens with one attached hydrogen (secondary N) is 4. The highest BCUT2D eigenvalue weighted by molar-refractivity contribution is 7.98. The van der Waals surface area contributed by atoms with E-state index in [1.165, 1.54) is 26.8 Å². The zero-order valence-electron chi connectivity index (χ0n) is 40.0. The molecule has 69 heavy (non-hydrogen) atoms. The van der Waals surface area contributed by atoms with Crippen LogP contribution in [0.2, 0.25) is 0 Å². The van der Waals surface area contributed by atoms with Gasteiger partial charge in [-0.25, -0.2) is 4.79 Å². The average molecular weight is 978 g/mol. The number of carboxylic acids is 1. The number of aliphatic carboxylic acids is 1. The molecule has 3 heterocycles. The number of carbonyl (C=O) groups excluding carboxylic acids is 7. The van der Waals surface area contributed by atoms with Gasteiger partial charge in [-0.05, 0) is 112 Å². The van der Waals surface area contributed by atoms with Gasteiger partial charge in [-0.3, -0.25) is 33.6 Å². The molecule has 3 aliphatic rings. The quantitative estimate of drug-likeness (QED) is 0.0684. The number of carboxylic acid groups (broad SMARTS) is 1. The molecular weight excluding hydrogens is 907 g/mol. The molecule has 8 atom stereocenters. The second kappa shape index (κ2) is 26.3. The second-order valence-corrected chi connectivity index (χ2v) is 19.5. The van der Waals surface area contributed by atoms with Crippen LogP contribution >= 0.6 is 11.8 Å². The Morgan fingerprint density at radius 3 is 1.62 bits per heavy atom. The van der Waals surface area contributed by atoms with Crippen molar-refractivity contribution in [1.82, 2.24) is 36.0 Å². The molecule has 378 valence electrons. The summed E-state index contributed by atoms with van der Waals surface area (Å²) in [5, 5.41) is 30.9. The van der Waals surface area contributed by atoms with E-state index in [1.54, 1.807) is 37.7 Å². The second-order valence-electron chi connectivity index (χ2n) is 18.6. The lowest BCUT2D eigenvalue weighted by molar-refractivity contribution is -0.146. The lowest BCUT2D eigenvalue weighted by Gasteiger charge is -2.32.